The molecule has 2 nitrogen and oxygen atoms in total. The van der Waals surface area contributed by atoms with Gasteiger partial charge in [0.1, 0.15) is 5.75 Å². The number of rotatable bonds is 4. The van der Waals surface area contributed by atoms with Crippen LogP contribution in [-0.4, -0.2) is 0 Å². The maximum Gasteiger partial charge on any atom is 0.156 e. The van der Waals surface area contributed by atoms with E-state index in [2.05, 4.69) is 181 Å². The molecule has 0 saturated heterocycles. The van der Waals surface area contributed by atoms with Gasteiger partial charge in [-0.1, -0.05) is 140 Å². The van der Waals surface area contributed by atoms with Gasteiger partial charge in [0.05, 0.1) is 11.1 Å². The van der Waals surface area contributed by atoms with Crippen LogP contribution < -0.4 is 9.64 Å². The number of nitrogens with zero attached hydrogens (tertiary/aromatic N) is 1. The van der Waals surface area contributed by atoms with Crippen molar-refractivity contribution in [1.29, 1.82) is 0 Å². The Kier molecular flexibility index (Phi) is 5.76. The van der Waals surface area contributed by atoms with Crippen LogP contribution in [0, 0.1) is 0 Å². The Morgan fingerprint density at radius 2 is 0.889 bits per heavy atom. The Morgan fingerprint density at radius 1 is 0.378 bits per heavy atom. The van der Waals surface area contributed by atoms with Gasteiger partial charge in [-0.3, -0.25) is 0 Å². The third kappa shape index (κ3) is 3.76. The molecule has 1 aliphatic carbocycles. The molecule has 0 saturated carbocycles. The molecule has 0 bridgehead atoms. The first-order valence-corrected chi connectivity index (χ1v) is 15.4. The highest BCUT2D eigenvalue weighted by molar-refractivity contribution is 5.91. The lowest BCUT2D eigenvalue weighted by atomic mass is 9.66. The highest BCUT2D eigenvalue weighted by Crippen LogP contribution is 2.63. The lowest BCUT2D eigenvalue weighted by Crippen LogP contribution is -2.32. The fourth-order valence-electron chi connectivity index (χ4n) is 7.48. The standard InChI is InChI=1S/C43H29NO/c1-3-14-30(15-4-1)31-26-28-33(29-27-31)44(32-16-5-2-6-17-32)40-24-13-23-39-42(40)45-41-25-12-11-22-38(41)43(39)36-20-9-7-18-34(36)35-19-8-10-21-37(35)43/h1-29H. The molecule has 0 unspecified atom stereocenters. The van der Waals surface area contributed by atoms with Gasteiger partial charge in [0, 0.05) is 22.5 Å². The number of ether oxygens (including phenoxy) is 1. The Hall–Kier alpha value is -5.86. The predicted octanol–water partition coefficient (Wildman–Crippen LogP) is 11.3. The first-order chi connectivity index (χ1) is 22.3. The molecule has 0 aromatic heterocycles. The smallest absolute Gasteiger partial charge is 0.156 e. The monoisotopic (exact) mass is 575 g/mol. The number of anilines is 3. The maximum absolute atomic E-state index is 7.00. The minimum atomic E-state index is -0.507. The third-order valence-corrected chi connectivity index (χ3v) is 9.34. The molecule has 0 radical (unpaired) electrons. The SMILES string of the molecule is c1ccc(-c2ccc(N(c3ccccc3)c3cccc4c3Oc3ccccc3C43c4ccccc4-c4ccccc43)cc2)cc1. The third-order valence-electron chi connectivity index (χ3n) is 9.34. The Balaban J connectivity index is 1.31. The fraction of sp³-hybridized carbons (Fsp3) is 0.0233. The summed E-state index contributed by atoms with van der Waals surface area (Å²) in [6.45, 7) is 0. The summed E-state index contributed by atoms with van der Waals surface area (Å²) in [6.07, 6.45) is 0. The van der Waals surface area contributed by atoms with Gasteiger partial charge in [0.25, 0.3) is 0 Å². The molecule has 2 aliphatic rings. The second-order valence-corrected chi connectivity index (χ2v) is 11.7. The molecule has 1 aliphatic heterocycles. The zero-order valence-corrected chi connectivity index (χ0v) is 24.6. The summed E-state index contributed by atoms with van der Waals surface area (Å²) >= 11 is 0. The van der Waals surface area contributed by atoms with Gasteiger partial charge in [-0.2, -0.15) is 0 Å². The van der Waals surface area contributed by atoms with Crippen molar-refractivity contribution >= 4 is 17.1 Å². The first kappa shape index (κ1) is 25.6. The molecule has 1 heterocycles. The summed E-state index contributed by atoms with van der Waals surface area (Å²) in [5.41, 5.74) is 12.5. The number of hydrogen-bond acceptors (Lipinski definition) is 2. The van der Waals surface area contributed by atoms with Crippen LogP contribution in [-0.2, 0) is 5.41 Å². The van der Waals surface area contributed by atoms with E-state index in [9.17, 15) is 0 Å². The van der Waals surface area contributed by atoms with E-state index in [1.165, 1.54) is 38.9 Å². The Labute approximate surface area is 263 Å². The van der Waals surface area contributed by atoms with E-state index in [-0.39, 0.29) is 0 Å². The van der Waals surface area contributed by atoms with Gasteiger partial charge in [-0.15, -0.1) is 0 Å². The van der Waals surface area contributed by atoms with Crippen LogP contribution in [0.2, 0.25) is 0 Å². The van der Waals surface area contributed by atoms with Crippen LogP contribution in [0.1, 0.15) is 22.3 Å². The second-order valence-electron chi connectivity index (χ2n) is 11.7. The highest BCUT2D eigenvalue weighted by Gasteiger charge is 2.51. The van der Waals surface area contributed by atoms with Gasteiger partial charge in [0.15, 0.2) is 5.75 Å². The van der Waals surface area contributed by atoms with Crippen molar-refractivity contribution in [2.45, 2.75) is 5.41 Å². The second kappa shape index (κ2) is 10.1. The Morgan fingerprint density at radius 3 is 1.58 bits per heavy atom. The topological polar surface area (TPSA) is 12.5 Å². The van der Waals surface area contributed by atoms with E-state index >= 15 is 0 Å². The van der Waals surface area contributed by atoms with Crippen molar-refractivity contribution in [3.05, 3.63) is 198 Å². The zero-order chi connectivity index (χ0) is 29.8. The average molecular weight is 576 g/mol. The molecule has 7 aromatic carbocycles. The van der Waals surface area contributed by atoms with E-state index in [1.807, 2.05) is 0 Å². The normalized spacial score (nSPS) is 13.2. The van der Waals surface area contributed by atoms with E-state index < -0.39 is 5.41 Å². The molecule has 212 valence electrons. The molecule has 45 heavy (non-hydrogen) atoms. The van der Waals surface area contributed by atoms with Gasteiger partial charge in [-0.05, 0) is 69.8 Å². The van der Waals surface area contributed by atoms with Crippen molar-refractivity contribution in [3.63, 3.8) is 0 Å². The number of fused-ring (bicyclic) bond motifs is 9. The summed E-state index contributed by atoms with van der Waals surface area (Å²) in [6, 6.07) is 62.9. The molecule has 7 aromatic rings. The molecule has 9 rings (SSSR count). The van der Waals surface area contributed by atoms with Crippen LogP contribution in [0.15, 0.2) is 176 Å². The van der Waals surface area contributed by atoms with Crippen LogP contribution in [0.25, 0.3) is 22.3 Å². The Bertz CT molecular complexity index is 2140. The number of hydrogen-bond donors (Lipinski definition) is 0. The molecule has 0 amide bonds. The van der Waals surface area contributed by atoms with Crippen molar-refractivity contribution in [1.82, 2.24) is 0 Å². The van der Waals surface area contributed by atoms with Crippen LogP contribution >= 0.6 is 0 Å². The molecular weight excluding hydrogens is 546 g/mol. The predicted molar refractivity (Wildman–Crippen MR) is 184 cm³/mol. The fourth-order valence-corrected chi connectivity index (χ4v) is 7.48. The van der Waals surface area contributed by atoms with E-state index in [1.54, 1.807) is 0 Å². The van der Waals surface area contributed by atoms with Gasteiger partial charge < -0.3 is 9.64 Å². The minimum absolute atomic E-state index is 0.507. The zero-order valence-electron chi connectivity index (χ0n) is 24.6. The van der Waals surface area contributed by atoms with Crippen molar-refractivity contribution < 1.29 is 4.74 Å². The first-order valence-electron chi connectivity index (χ1n) is 15.4. The average Bonchev–Trinajstić information content (AvgIpc) is 3.41. The quantitative estimate of drug-likeness (QED) is 0.207. The maximum atomic E-state index is 7.00. The summed E-state index contributed by atoms with van der Waals surface area (Å²) < 4.78 is 7.00. The molecule has 0 N–H and O–H groups in total. The van der Waals surface area contributed by atoms with E-state index in [0.717, 1.165) is 34.1 Å². The van der Waals surface area contributed by atoms with Crippen molar-refractivity contribution in [2.24, 2.45) is 0 Å². The lowest BCUT2D eigenvalue weighted by Gasteiger charge is -2.41. The number of para-hydroxylation sites is 3. The minimum Gasteiger partial charge on any atom is -0.454 e. The summed E-state index contributed by atoms with van der Waals surface area (Å²) in [5.74, 6) is 1.76. The highest BCUT2D eigenvalue weighted by atomic mass is 16.5. The van der Waals surface area contributed by atoms with Crippen molar-refractivity contribution in [3.8, 4) is 33.8 Å². The summed E-state index contributed by atoms with van der Waals surface area (Å²) in [4.78, 5) is 2.32. The lowest BCUT2D eigenvalue weighted by molar-refractivity contribution is 0.437. The van der Waals surface area contributed by atoms with Gasteiger partial charge in [0.2, 0.25) is 0 Å². The van der Waals surface area contributed by atoms with Crippen LogP contribution in [0.4, 0.5) is 17.1 Å². The van der Waals surface area contributed by atoms with Gasteiger partial charge in [-0.25, -0.2) is 0 Å². The van der Waals surface area contributed by atoms with Crippen LogP contribution in [0.3, 0.4) is 0 Å². The molecule has 0 fully saturated rings. The summed E-state index contributed by atoms with van der Waals surface area (Å²) in [5, 5.41) is 0. The van der Waals surface area contributed by atoms with Crippen LogP contribution in [0.5, 0.6) is 11.5 Å². The largest absolute Gasteiger partial charge is 0.454 e. The van der Waals surface area contributed by atoms with Gasteiger partial charge >= 0.3 is 0 Å². The molecule has 0 atom stereocenters. The molecule has 1 spiro atoms. The molecular formula is C43H29NO. The number of benzene rings is 7. The van der Waals surface area contributed by atoms with E-state index in [0.29, 0.717) is 0 Å². The summed E-state index contributed by atoms with van der Waals surface area (Å²) in [7, 11) is 0. The molecule has 2 heteroatoms. The van der Waals surface area contributed by atoms with E-state index in [4.69, 9.17) is 4.74 Å². The van der Waals surface area contributed by atoms with Crippen molar-refractivity contribution in [2.75, 3.05) is 4.90 Å².